The Balaban J connectivity index is 2.42. The van der Waals surface area contributed by atoms with Gasteiger partial charge in [-0.05, 0) is 25.6 Å². The molecule has 34 valence electrons. The Morgan fingerprint density at radius 2 is 1.67 bits per heavy atom. The lowest BCUT2D eigenvalue weighted by Crippen LogP contribution is -1.77. The van der Waals surface area contributed by atoms with Crippen LogP contribution >= 0.6 is 0 Å². The Morgan fingerprint density at radius 1 is 1.17 bits per heavy atom. The lowest BCUT2D eigenvalue weighted by Gasteiger charge is -1.97. The molecule has 0 aromatic heterocycles. The van der Waals surface area contributed by atoms with Gasteiger partial charge in [0, 0.05) is 2.74 Å². The van der Waals surface area contributed by atoms with E-state index in [0.717, 1.165) is 12.8 Å². The first kappa shape index (κ1) is 2.15. The second kappa shape index (κ2) is 2.01. The predicted octanol–water partition coefficient (Wildman–Crippen LogP) is 2.12. The molecule has 0 spiro atoms. The molecule has 0 aliphatic heterocycles. The van der Waals surface area contributed by atoms with Crippen molar-refractivity contribution in [1.29, 1.82) is 0 Å². The molecule has 0 bridgehead atoms. The first-order chi connectivity index (χ1) is 3.79. The maximum Gasteiger partial charge on any atom is 0.0310 e. The normalized spacial score (nSPS) is 50.7. The summed E-state index contributed by atoms with van der Waals surface area (Å²) in [4.78, 5) is 0. The van der Waals surface area contributed by atoms with E-state index < -0.39 is 0 Å². The summed E-state index contributed by atoms with van der Waals surface area (Å²) < 4.78 is 14.4. The van der Waals surface area contributed by atoms with Gasteiger partial charge in [0.05, 0.1) is 0 Å². The molecule has 1 aliphatic rings. The molecule has 1 rings (SSSR count). The van der Waals surface area contributed by atoms with Crippen molar-refractivity contribution in [2.75, 3.05) is 0 Å². The molecule has 0 fully saturated rings. The monoisotopic (exact) mass is 84.1 g/mol. The fourth-order valence-electron chi connectivity index (χ4n) is 0.542. The van der Waals surface area contributed by atoms with Gasteiger partial charge in [-0.15, -0.1) is 0 Å². The third-order valence-electron chi connectivity index (χ3n) is 0.883. The maximum atomic E-state index is 7.19. The molecule has 0 amide bonds. The SMILES string of the molecule is [2H][C@@H]1C=C[C@@H]([2H])CC1. The van der Waals surface area contributed by atoms with Crippen LogP contribution in [0.5, 0.6) is 0 Å². The first-order valence-electron chi connectivity index (χ1n) is 3.47. The smallest absolute Gasteiger partial charge is 0.0310 e. The van der Waals surface area contributed by atoms with Crippen molar-refractivity contribution in [3.63, 3.8) is 0 Å². The van der Waals surface area contributed by atoms with Gasteiger partial charge in [-0.3, -0.25) is 0 Å². The Hall–Kier alpha value is -0.260. The van der Waals surface area contributed by atoms with Gasteiger partial charge in [0.1, 0.15) is 0 Å². The van der Waals surface area contributed by atoms with Crippen LogP contribution in [0.15, 0.2) is 12.2 Å². The van der Waals surface area contributed by atoms with E-state index in [9.17, 15) is 0 Å². The second-order valence-electron chi connectivity index (χ2n) is 1.43. The number of hydrogen-bond donors (Lipinski definition) is 0. The van der Waals surface area contributed by atoms with Crippen LogP contribution in [0.1, 0.15) is 28.4 Å². The molecule has 0 saturated heterocycles. The Morgan fingerprint density at radius 3 is 2.00 bits per heavy atom. The molecule has 6 heavy (non-hydrogen) atoms. The van der Waals surface area contributed by atoms with Crippen LogP contribution in [0, 0.1) is 0 Å². The van der Waals surface area contributed by atoms with Crippen molar-refractivity contribution >= 4 is 0 Å². The topological polar surface area (TPSA) is 0 Å². The van der Waals surface area contributed by atoms with Crippen molar-refractivity contribution in [3.8, 4) is 0 Å². The van der Waals surface area contributed by atoms with Crippen LogP contribution in [-0.2, 0) is 0 Å². The van der Waals surface area contributed by atoms with Gasteiger partial charge in [0.25, 0.3) is 0 Å². The molecule has 1 aliphatic carbocycles. The van der Waals surface area contributed by atoms with E-state index in [4.69, 9.17) is 2.74 Å². The van der Waals surface area contributed by atoms with Gasteiger partial charge in [-0.25, -0.2) is 0 Å². The van der Waals surface area contributed by atoms with Gasteiger partial charge in [0.2, 0.25) is 0 Å². The molecule has 0 saturated carbocycles. The average Bonchev–Trinajstić information content (AvgIpc) is 1.77. The Kier molecular flexibility index (Phi) is 0.722. The van der Waals surface area contributed by atoms with Gasteiger partial charge in [-0.2, -0.15) is 0 Å². The zero-order valence-corrected chi connectivity index (χ0v) is 3.72. The highest BCUT2D eigenvalue weighted by Crippen LogP contribution is 2.07. The van der Waals surface area contributed by atoms with Crippen molar-refractivity contribution in [3.05, 3.63) is 12.2 Å². The average molecular weight is 84.2 g/mol. The fourth-order valence-corrected chi connectivity index (χ4v) is 0.542. The van der Waals surface area contributed by atoms with E-state index >= 15 is 0 Å². The highest BCUT2D eigenvalue weighted by molar-refractivity contribution is 4.85. The van der Waals surface area contributed by atoms with Crippen LogP contribution in [0.2, 0.25) is 0 Å². The third kappa shape index (κ3) is 0.852. The quantitative estimate of drug-likeness (QED) is 0.394. The fraction of sp³-hybridized carbons (Fsp3) is 0.667. The van der Waals surface area contributed by atoms with Crippen LogP contribution in [0.3, 0.4) is 0 Å². The van der Waals surface area contributed by atoms with Crippen LogP contribution < -0.4 is 0 Å². The molecule has 0 aromatic carbocycles. The summed E-state index contributed by atoms with van der Waals surface area (Å²) in [6.45, 7) is 0. The number of allylic oxidation sites excluding steroid dienone is 2. The maximum absolute atomic E-state index is 7.19. The molecule has 0 unspecified atom stereocenters. The Labute approximate surface area is 41.7 Å². The lowest BCUT2D eigenvalue weighted by atomic mass is 10.1. The molecule has 2 atom stereocenters. The second-order valence-corrected chi connectivity index (χ2v) is 1.43. The van der Waals surface area contributed by atoms with Crippen molar-refractivity contribution in [2.24, 2.45) is 0 Å². The summed E-state index contributed by atoms with van der Waals surface area (Å²) in [5, 5.41) is 0. The summed E-state index contributed by atoms with van der Waals surface area (Å²) >= 11 is 0. The standard InChI is InChI=1S/C6H10/c1-2-4-6-5-3-1/h1-2H,3-6H2/i3D,4D/t3-,4-/m1/s1. The van der Waals surface area contributed by atoms with Crippen molar-refractivity contribution in [2.45, 2.75) is 25.6 Å². The van der Waals surface area contributed by atoms with E-state index in [1.807, 2.05) is 0 Å². The van der Waals surface area contributed by atoms with Gasteiger partial charge in [-0.1, -0.05) is 12.2 Å². The van der Waals surface area contributed by atoms with E-state index in [1.54, 1.807) is 12.2 Å². The van der Waals surface area contributed by atoms with E-state index in [-0.39, 0.29) is 12.8 Å². The number of rotatable bonds is 0. The largest absolute Gasteiger partial charge is 0.0885 e. The van der Waals surface area contributed by atoms with Gasteiger partial charge in [0.15, 0.2) is 0 Å². The van der Waals surface area contributed by atoms with Crippen LogP contribution in [0.25, 0.3) is 0 Å². The summed E-state index contributed by atoms with van der Waals surface area (Å²) in [5.41, 5.74) is 0. The third-order valence-corrected chi connectivity index (χ3v) is 0.883. The highest BCUT2D eigenvalue weighted by Gasteiger charge is 1.87. The van der Waals surface area contributed by atoms with Gasteiger partial charge < -0.3 is 0 Å². The van der Waals surface area contributed by atoms with Gasteiger partial charge >= 0.3 is 0 Å². The minimum Gasteiger partial charge on any atom is -0.0885 e. The lowest BCUT2D eigenvalue weighted by molar-refractivity contribution is 0.730. The molecular formula is C6H10. The predicted molar refractivity (Wildman–Crippen MR) is 27.6 cm³/mol. The summed E-state index contributed by atoms with van der Waals surface area (Å²) in [7, 11) is 0. The molecule has 0 nitrogen and oxygen atoms in total. The first-order valence-corrected chi connectivity index (χ1v) is 2.32. The summed E-state index contributed by atoms with van der Waals surface area (Å²) in [6.07, 6.45) is 5.28. The van der Waals surface area contributed by atoms with Crippen molar-refractivity contribution in [1.82, 2.24) is 0 Å². The molecule has 0 heteroatoms. The molecule has 0 N–H and O–H groups in total. The zero-order chi connectivity index (χ0) is 5.98. The molecule has 0 heterocycles. The van der Waals surface area contributed by atoms with E-state index in [2.05, 4.69) is 0 Å². The van der Waals surface area contributed by atoms with Crippen LogP contribution in [-0.4, -0.2) is 0 Å². The Bertz CT molecular complexity index is 86.7. The minimum atomic E-state index is -0.0309. The molecular weight excluding hydrogens is 72.1 g/mol. The minimum absolute atomic E-state index is 0.0309. The summed E-state index contributed by atoms with van der Waals surface area (Å²) in [5.74, 6) is 0. The van der Waals surface area contributed by atoms with E-state index in [0.29, 0.717) is 0 Å². The molecule has 0 aromatic rings. The molecule has 0 radical (unpaired) electrons. The number of hydrogen-bond acceptors (Lipinski definition) is 0. The van der Waals surface area contributed by atoms with Crippen LogP contribution in [0.4, 0.5) is 0 Å². The van der Waals surface area contributed by atoms with Crippen molar-refractivity contribution < 1.29 is 2.74 Å². The highest BCUT2D eigenvalue weighted by atomic mass is 13.9. The summed E-state index contributed by atoms with van der Waals surface area (Å²) in [6, 6.07) is 0. The zero-order valence-electron chi connectivity index (χ0n) is 5.72. The van der Waals surface area contributed by atoms with E-state index in [1.165, 1.54) is 0 Å².